The quantitative estimate of drug-likeness (QED) is 0.400. The van der Waals surface area contributed by atoms with Crippen molar-refractivity contribution in [3.05, 3.63) is 83.7 Å². The minimum atomic E-state index is -0.658. The number of anilines is 2. The fourth-order valence-electron chi connectivity index (χ4n) is 3.32. The SMILES string of the molecule is CCc1ccc(C(=O)Nc2nccnc2C(=O)OC)c2ccccc12.COC(=O)c1nccnc1N. The highest BCUT2D eigenvalue weighted by atomic mass is 16.5. The number of ether oxygens (including phenoxy) is 2. The highest BCUT2D eigenvalue weighted by molar-refractivity contribution is 6.14. The Labute approximate surface area is 206 Å². The van der Waals surface area contributed by atoms with Crippen LogP contribution in [0.25, 0.3) is 10.8 Å². The van der Waals surface area contributed by atoms with Crippen LogP contribution in [0.5, 0.6) is 0 Å². The van der Waals surface area contributed by atoms with E-state index >= 15 is 0 Å². The molecule has 2 aromatic heterocycles. The molecule has 0 fully saturated rings. The van der Waals surface area contributed by atoms with Crippen molar-refractivity contribution in [2.45, 2.75) is 13.3 Å². The fourth-order valence-corrected chi connectivity index (χ4v) is 3.32. The van der Waals surface area contributed by atoms with E-state index in [1.165, 1.54) is 44.6 Å². The lowest BCUT2D eigenvalue weighted by Gasteiger charge is -2.11. The molecule has 0 aliphatic heterocycles. The first kappa shape index (κ1) is 25.7. The highest BCUT2D eigenvalue weighted by Crippen LogP contribution is 2.24. The number of amides is 1. The number of nitrogens with one attached hydrogen (secondary N) is 1. The van der Waals surface area contributed by atoms with Crippen molar-refractivity contribution in [3.63, 3.8) is 0 Å². The van der Waals surface area contributed by atoms with Crippen LogP contribution in [0.2, 0.25) is 0 Å². The second kappa shape index (κ2) is 12.0. The van der Waals surface area contributed by atoms with Crippen LogP contribution in [-0.2, 0) is 15.9 Å². The van der Waals surface area contributed by atoms with Gasteiger partial charge in [0.05, 0.1) is 14.2 Å². The summed E-state index contributed by atoms with van der Waals surface area (Å²) in [5, 5.41) is 4.54. The summed E-state index contributed by atoms with van der Waals surface area (Å²) >= 11 is 0. The van der Waals surface area contributed by atoms with Gasteiger partial charge in [-0.3, -0.25) is 4.79 Å². The molecule has 0 saturated heterocycles. The molecule has 36 heavy (non-hydrogen) atoms. The number of carbonyl (C=O) groups excluding carboxylic acids is 3. The molecule has 2 heterocycles. The Bertz CT molecular complexity index is 1410. The standard InChI is InChI=1S/C19H17N3O3.C6H7N3O2/c1-3-12-8-9-15(14-7-5-4-6-13(12)14)18(23)22-17-16(19(24)25-2)20-10-11-21-17;1-11-6(10)4-5(7)9-3-2-8-4/h4-11H,3H2,1-2H3,(H,21,22,23);2-3H,1H3,(H2,7,9). The van der Waals surface area contributed by atoms with E-state index < -0.39 is 11.9 Å². The van der Waals surface area contributed by atoms with E-state index in [0.717, 1.165) is 17.2 Å². The number of aromatic nitrogens is 4. The number of benzene rings is 2. The molecular formula is C25H24N6O5. The van der Waals surface area contributed by atoms with Gasteiger partial charge >= 0.3 is 11.9 Å². The number of carbonyl (C=O) groups is 3. The van der Waals surface area contributed by atoms with Crippen molar-refractivity contribution in [2.24, 2.45) is 0 Å². The summed E-state index contributed by atoms with van der Waals surface area (Å²) < 4.78 is 9.07. The summed E-state index contributed by atoms with van der Waals surface area (Å²) in [6.07, 6.45) is 6.43. The average Bonchev–Trinajstić information content (AvgIpc) is 2.92. The van der Waals surface area contributed by atoms with Gasteiger partial charge < -0.3 is 20.5 Å². The summed E-state index contributed by atoms with van der Waals surface area (Å²) in [7, 11) is 2.51. The molecule has 1 amide bonds. The normalized spacial score (nSPS) is 10.1. The van der Waals surface area contributed by atoms with Crippen LogP contribution in [0.15, 0.2) is 61.2 Å². The largest absolute Gasteiger partial charge is 0.464 e. The molecule has 0 radical (unpaired) electrons. The average molecular weight is 489 g/mol. The molecule has 3 N–H and O–H groups in total. The van der Waals surface area contributed by atoms with Gasteiger partial charge in [0, 0.05) is 30.4 Å². The lowest BCUT2D eigenvalue weighted by molar-refractivity contribution is 0.0586. The number of aryl methyl sites for hydroxylation is 1. The Morgan fingerprint density at radius 1 is 0.806 bits per heavy atom. The number of fused-ring (bicyclic) bond motifs is 1. The molecule has 4 aromatic rings. The van der Waals surface area contributed by atoms with Crippen LogP contribution in [0, 0.1) is 0 Å². The van der Waals surface area contributed by atoms with Gasteiger partial charge in [0.1, 0.15) is 0 Å². The van der Waals surface area contributed by atoms with Gasteiger partial charge in [-0.15, -0.1) is 0 Å². The third kappa shape index (κ3) is 5.76. The zero-order valence-corrected chi connectivity index (χ0v) is 19.9. The fraction of sp³-hybridized carbons (Fsp3) is 0.160. The van der Waals surface area contributed by atoms with Gasteiger partial charge in [-0.2, -0.15) is 0 Å². The van der Waals surface area contributed by atoms with E-state index in [1.807, 2.05) is 30.3 Å². The van der Waals surface area contributed by atoms with E-state index in [4.69, 9.17) is 5.73 Å². The smallest absolute Gasteiger partial charge is 0.360 e. The molecule has 4 rings (SSSR count). The van der Waals surface area contributed by atoms with Gasteiger partial charge in [-0.1, -0.05) is 37.3 Å². The summed E-state index contributed by atoms with van der Waals surface area (Å²) in [5.41, 5.74) is 7.02. The molecule has 0 spiro atoms. The minimum absolute atomic E-state index is 0.0344. The third-order valence-corrected chi connectivity index (χ3v) is 5.05. The van der Waals surface area contributed by atoms with Crippen LogP contribution in [0.4, 0.5) is 11.6 Å². The topological polar surface area (TPSA) is 159 Å². The number of nitrogen functional groups attached to an aromatic ring is 1. The molecule has 184 valence electrons. The second-order valence-electron chi connectivity index (χ2n) is 7.15. The number of hydrogen-bond acceptors (Lipinski definition) is 10. The molecule has 0 bridgehead atoms. The van der Waals surface area contributed by atoms with E-state index in [0.29, 0.717) is 5.56 Å². The highest BCUT2D eigenvalue weighted by Gasteiger charge is 2.19. The molecule has 0 saturated carbocycles. The van der Waals surface area contributed by atoms with Gasteiger partial charge in [-0.05, 0) is 28.8 Å². The Balaban J connectivity index is 0.000000275. The summed E-state index contributed by atoms with van der Waals surface area (Å²) in [5.74, 6) is -1.43. The van der Waals surface area contributed by atoms with Crippen molar-refractivity contribution in [3.8, 4) is 0 Å². The predicted molar refractivity (Wildman–Crippen MR) is 132 cm³/mol. The summed E-state index contributed by atoms with van der Waals surface area (Å²) in [6.45, 7) is 2.07. The first-order chi connectivity index (χ1) is 17.4. The molecule has 0 atom stereocenters. The Morgan fingerprint density at radius 2 is 1.39 bits per heavy atom. The van der Waals surface area contributed by atoms with Crippen LogP contribution in [0.3, 0.4) is 0 Å². The monoisotopic (exact) mass is 488 g/mol. The molecule has 0 unspecified atom stereocenters. The van der Waals surface area contributed by atoms with E-state index in [-0.39, 0.29) is 28.9 Å². The van der Waals surface area contributed by atoms with E-state index in [1.54, 1.807) is 6.07 Å². The maximum absolute atomic E-state index is 12.8. The molecule has 11 heteroatoms. The number of esters is 2. The van der Waals surface area contributed by atoms with Gasteiger partial charge in [0.25, 0.3) is 5.91 Å². The lowest BCUT2D eigenvalue weighted by Crippen LogP contribution is -2.18. The summed E-state index contributed by atoms with van der Waals surface area (Å²) in [4.78, 5) is 50.7. The number of hydrogen-bond donors (Lipinski definition) is 2. The van der Waals surface area contributed by atoms with E-state index in [2.05, 4.69) is 41.7 Å². The maximum atomic E-state index is 12.8. The van der Waals surface area contributed by atoms with Crippen LogP contribution >= 0.6 is 0 Å². The first-order valence-corrected chi connectivity index (χ1v) is 10.8. The summed E-state index contributed by atoms with van der Waals surface area (Å²) in [6, 6.07) is 11.5. The van der Waals surface area contributed by atoms with Gasteiger partial charge in [0.15, 0.2) is 23.0 Å². The van der Waals surface area contributed by atoms with Crippen LogP contribution < -0.4 is 11.1 Å². The molecule has 0 aliphatic carbocycles. The zero-order chi connectivity index (χ0) is 26.1. The van der Waals surface area contributed by atoms with Crippen molar-refractivity contribution in [2.75, 3.05) is 25.3 Å². The molecular weight excluding hydrogens is 464 g/mol. The van der Waals surface area contributed by atoms with Crippen LogP contribution in [-0.4, -0.2) is 52.0 Å². The van der Waals surface area contributed by atoms with Crippen molar-refractivity contribution in [1.29, 1.82) is 0 Å². The molecule has 11 nitrogen and oxygen atoms in total. The van der Waals surface area contributed by atoms with Gasteiger partial charge in [0.2, 0.25) is 0 Å². The first-order valence-electron chi connectivity index (χ1n) is 10.8. The number of methoxy groups -OCH3 is 2. The van der Waals surface area contributed by atoms with Crippen LogP contribution in [0.1, 0.15) is 43.8 Å². The van der Waals surface area contributed by atoms with Crippen molar-refractivity contribution >= 4 is 40.3 Å². The van der Waals surface area contributed by atoms with E-state index in [9.17, 15) is 14.4 Å². The zero-order valence-electron chi connectivity index (χ0n) is 19.9. The number of nitrogens with zero attached hydrogens (tertiary/aromatic N) is 4. The molecule has 2 aromatic carbocycles. The number of rotatable bonds is 5. The molecule has 0 aliphatic rings. The van der Waals surface area contributed by atoms with Crippen molar-refractivity contribution in [1.82, 2.24) is 19.9 Å². The van der Waals surface area contributed by atoms with Crippen molar-refractivity contribution < 1.29 is 23.9 Å². The predicted octanol–water partition coefficient (Wildman–Crippen LogP) is 3.08. The Hall–Kier alpha value is -4.93. The van der Waals surface area contributed by atoms with Gasteiger partial charge in [-0.25, -0.2) is 29.5 Å². The second-order valence-corrected chi connectivity index (χ2v) is 7.15. The Morgan fingerprint density at radius 3 is 2.03 bits per heavy atom. The minimum Gasteiger partial charge on any atom is -0.464 e. The maximum Gasteiger partial charge on any atom is 0.360 e. The lowest BCUT2D eigenvalue weighted by atomic mass is 9.98. The third-order valence-electron chi connectivity index (χ3n) is 5.05. The Kier molecular flexibility index (Phi) is 8.54. The number of nitrogens with two attached hydrogens (primary N) is 1.